The highest BCUT2D eigenvalue weighted by molar-refractivity contribution is 7.89. The third kappa shape index (κ3) is 4.68. The van der Waals surface area contributed by atoms with Gasteiger partial charge < -0.3 is 14.7 Å². The number of carbonyl (C=O) groups excluding carboxylic acids is 2. The second kappa shape index (κ2) is 9.82. The molecule has 0 saturated carbocycles. The van der Waals surface area contributed by atoms with Crippen molar-refractivity contribution in [2.75, 3.05) is 34.4 Å². The van der Waals surface area contributed by atoms with Gasteiger partial charge >= 0.3 is 0 Å². The minimum Gasteiger partial charge on any atom is -0.507 e. The van der Waals surface area contributed by atoms with Crippen LogP contribution in [0.1, 0.15) is 23.6 Å². The molecule has 1 aliphatic rings. The van der Waals surface area contributed by atoms with Gasteiger partial charge in [-0.3, -0.25) is 9.59 Å². The average Bonchev–Trinajstić information content (AvgIpc) is 3.04. The molecule has 8 nitrogen and oxygen atoms in total. The molecule has 176 valence electrons. The van der Waals surface area contributed by atoms with Gasteiger partial charge in [0.05, 0.1) is 16.5 Å². The van der Waals surface area contributed by atoms with Crippen LogP contribution in [0.2, 0.25) is 0 Å². The minimum atomic E-state index is -3.69. The lowest BCUT2D eigenvalue weighted by Crippen LogP contribution is -2.31. The van der Waals surface area contributed by atoms with Gasteiger partial charge in [-0.1, -0.05) is 18.2 Å². The Balaban J connectivity index is 2.12. The lowest BCUT2D eigenvalue weighted by molar-refractivity contribution is -0.140. The van der Waals surface area contributed by atoms with Crippen LogP contribution in [-0.2, 0) is 24.3 Å². The highest BCUT2D eigenvalue weighted by atomic mass is 32.2. The minimum absolute atomic E-state index is 0.00489. The van der Waals surface area contributed by atoms with Gasteiger partial charge in [-0.25, -0.2) is 17.1 Å². The fourth-order valence-electron chi connectivity index (χ4n) is 3.66. The van der Waals surface area contributed by atoms with Crippen molar-refractivity contribution in [2.45, 2.75) is 17.4 Å². The molecule has 1 fully saturated rings. The first-order valence-corrected chi connectivity index (χ1v) is 11.6. The molecule has 10 heteroatoms. The van der Waals surface area contributed by atoms with Crippen molar-refractivity contribution in [3.8, 4) is 0 Å². The number of ketones is 1. The normalized spacial score (nSPS) is 18.3. The number of benzene rings is 2. The number of rotatable bonds is 8. The summed E-state index contributed by atoms with van der Waals surface area (Å²) in [6.45, 7) is 0.447. The topological polar surface area (TPSA) is 104 Å². The first-order chi connectivity index (χ1) is 15.6. The number of amides is 1. The number of carbonyl (C=O) groups is 2. The second-order valence-electron chi connectivity index (χ2n) is 7.67. The fourth-order valence-corrected chi connectivity index (χ4v) is 4.56. The largest absolute Gasteiger partial charge is 0.507 e. The number of hydrogen-bond acceptors (Lipinski definition) is 6. The molecule has 1 amide bonds. The maximum absolute atomic E-state index is 14.7. The van der Waals surface area contributed by atoms with Crippen molar-refractivity contribution in [3.63, 3.8) is 0 Å². The van der Waals surface area contributed by atoms with E-state index in [0.717, 1.165) is 4.31 Å². The number of methoxy groups -OCH3 is 1. The quantitative estimate of drug-likeness (QED) is 0.272. The van der Waals surface area contributed by atoms with Crippen molar-refractivity contribution < 1.29 is 32.2 Å². The van der Waals surface area contributed by atoms with E-state index in [-0.39, 0.29) is 28.1 Å². The zero-order valence-electron chi connectivity index (χ0n) is 18.5. The highest BCUT2D eigenvalue weighted by Gasteiger charge is 2.46. The molecule has 1 atom stereocenters. The third-order valence-corrected chi connectivity index (χ3v) is 7.22. The van der Waals surface area contributed by atoms with E-state index in [9.17, 15) is 27.5 Å². The van der Waals surface area contributed by atoms with Gasteiger partial charge in [0.15, 0.2) is 0 Å². The number of likely N-dealkylation sites (tertiary alicyclic amines) is 1. The van der Waals surface area contributed by atoms with Crippen LogP contribution < -0.4 is 0 Å². The van der Waals surface area contributed by atoms with Crippen LogP contribution in [0.15, 0.2) is 59.0 Å². The molecular weight excluding hydrogens is 451 g/mol. The summed E-state index contributed by atoms with van der Waals surface area (Å²) in [6.07, 6.45) is 0.408. The van der Waals surface area contributed by atoms with E-state index in [1.54, 1.807) is 6.07 Å². The maximum Gasteiger partial charge on any atom is 0.295 e. The number of aliphatic hydroxyl groups is 1. The molecule has 1 heterocycles. The Morgan fingerprint density at radius 2 is 1.76 bits per heavy atom. The summed E-state index contributed by atoms with van der Waals surface area (Å²) in [5.74, 6) is -2.93. The van der Waals surface area contributed by atoms with E-state index in [2.05, 4.69) is 0 Å². The van der Waals surface area contributed by atoms with Crippen LogP contribution in [0.25, 0.3) is 5.76 Å². The summed E-state index contributed by atoms with van der Waals surface area (Å²) < 4.78 is 45.4. The molecule has 0 aliphatic carbocycles. The third-order valence-electron chi connectivity index (χ3n) is 5.39. The summed E-state index contributed by atoms with van der Waals surface area (Å²) in [5, 5.41) is 11.0. The zero-order chi connectivity index (χ0) is 24.3. The smallest absolute Gasteiger partial charge is 0.295 e. The van der Waals surface area contributed by atoms with Gasteiger partial charge in [-0.15, -0.1) is 0 Å². The van der Waals surface area contributed by atoms with Gasteiger partial charge in [0.25, 0.3) is 11.7 Å². The molecule has 0 bridgehead atoms. The Kier molecular flexibility index (Phi) is 7.31. The van der Waals surface area contributed by atoms with Gasteiger partial charge in [-0.2, -0.15) is 0 Å². The SMILES string of the molecule is COCCCN1C(=O)C(=O)C(=C(O)c2ccc(S(=O)(=O)N(C)C)cc2)C1c1ccccc1F. The number of Topliss-reactive ketones (excluding diaryl/α,β-unsaturated/α-hetero) is 1. The molecule has 3 rings (SSSR count). The second-order valence-corrected chi connectivity index (χ2v) is 9.82. The number of halogens is 1. The molecule has 0 aromatic heterocycles. The predicted octanol–water partition coefficient (Wildman–Crippen LogP) is 2.53. The van der Waals surface area contributed by atoms with E-state index in [0.29, 0.717) is 13.0 Å². The summed E-state index contributed by atoms with van der Waals surface area (Å²) in [4.78, 5) is 26.9. The van der Waals surface area contributed by atoms with Crippen molar-refractivity contribution in [1.82, 2.24) is 9.21 Å². The number of nitrogens with zero attached hydrogens (tertiary/aromatic N) is 2. The van der Waals surface area contributed by atoms with E-state index < -0.39 is 39.3 Å². The molecular formula is C23H25FN2O6S. The van der Waals surface area contributed by atoms with Crippen molar-refractivity contribution in [3.05, 3.63) is 71.0 Å². The standard InChI is InChI=1S/C23H25FN2O6S/c1-25(2)33(30,31)16-11-9-15(10-12-16)21(27)19-20(17-7-4-5-8-18(17)24)26(13-6-14-32-3)23(29)22(19)28/h4-5,7-12,20,27H,6,13-14H2,1-3H3. The number of sulfonamides is 1. The molecule has 1 aliphatic heterocycles. The molecule has 1 unspecified atom stereocenters. The Bertz CT molecular complexity index is 1190. The van der Waals surface area contributed by atoms with E-state index >= 15 is 0 Å². The van der Waals surface area contributed by atoms with Gasteiger partial charge in [0.2, 0.25) is 10.0 Å². The molecule has 33 heavy (non-hydrogen) atoms. The Morgan fingerprint density at radius 3 is 2.33 bits per heavy atom. The average molecular weight is 477 g/mol. The van der Waals surface area contributed by atoms with Crippen molar-refractivity contribution in [1.29, 1.82) is 0 Å². The predicted molar refractivity (Wildman–Crippen MR) is 119 cm³/mol. The van der Waals surface area contributed by atoms with E-state index in [4.69, 9.17) is 4.74 Å². The van der Waals surface area contributed by atoms with Gasteiger partial charge in [0.1, 0.15) is 11.6 Å². The van der Waals surface area contributed by atoms with Crippen LogP contribution >= 0.6 is 0 Å². The van der Waals surface area contributed by atoms with E-state index in [1.807, 2.05) is 0 Å². The van der Waals surface area contributed by atoms with Crippen LogP contribution in [0.3, 0.4) is 0 Å². The van der Waals surface area contributed by atoms with Crippen molar-refractivity contribution in [2.24, 2.45) is 0 Å². The Morgan fingerprint density at radius 1 is 1.12 bits per heavy atom. The monoisotopic (exact) mass is 476 g/mol. The first kappa shape index (κ1) is 24.6. The van der Waals surface area contributed by atoms with Crippen LogP contribution in [0, 0.1) is 5.82 Å². The summed E-state index contributed by atoms with van der Waals surface area (Å²) in [6, 6.07) is 9.85. The highest BCUT2D eigenvalue weighted by Crippen LogP contribution is 2.40. The molecule has 1 saturated heterocycles. The van der Waals surface area contributed by atoms with Crippen LogP contribution in [-0.4, -0.2) is 68.8 Å². The van der Waals surface area contributed by atoms with Crippen LogP contribution in [0.5, 0.6) is 0 Å². The summed E-state index contributed by atoms with van der Waals surface area (Å²) in [5.41, 5.74) is -0.0582. The molecule has 0 spiro atoms. The maximum atomic E-state index is 14.7. The number of ether oxygens (including phenoxy) is 1. The Labute approximate surface area is 191 Å². The number of hydrogen-bond donors (Lipinski definition) is 1. The molecule has 1 N–H and O–H groups in total. The lowest BCUT2D eigenvalue weighted by atomic mass is 9.95. The fraction of sp³-hybridized carbons (Fsp3) is 0.304. The molecule has 2 aromatic carbocycles. The Hall–Kier alpha value is -3.08. The lowest BCUT2D eigenvalue weighted by Gasteiger charge is -2.25. The van der Waals surface area contributed by atoms with Gasteiger partial charge in [-0.05, 0) is 36.8 Å². The van der Waals surface area contributed by atoms with E-state index in [1.165, 1.54) is 68.6 Å². The van der Waals surface area contributed by atoms with Crippen molar-refractivity contribution >= 4 is 27.5 Å². The zero-order valence-corrected chi connectivity index (χ0v) is 19.3. The summed E-state index contributed by atoms with van der Waals surface area (Å²) >= 11 is 0. The number of aliphatic hydroxyl groups excluding tert-OH is 1. The summed E-state index contributed by atoms with van der Waals surface area (Å²) in [7, 11) is 0.592. The molecule has 2 aromatic rings. The van der Waals surface area contributed by atoms with Crippen LogP contribution in [0.4, 0.5) is 4.39 Å². The first-order valence-electron chi connectivity index (χ1n) is 10.2. The van der Waals surface area contributed by atoms with Gasteiger partial charge in [0, 0.05) is 45.5 Å². The molecule has 0 radical (unpaired) electrons.